The molecule has 4 nitrogen and oxygen atoms in total. The minimum absolute atomic E-state index is 0.0789. The molecule has 0 bridgehead atoms. The average molecular weight is 547 g/mol. The van der Waals surface area contributed by atoms with Crippen molar-refractivity contribution in [3.63, 3.8) is 0 Å². The monoisotopic (exact) mass is 545 g/mol. The van der Waals surface area contributed by atoms with Crippen LogP contribution in [-0.4, -0.2) is 44.9 Å². The molecule has 4 atom stereocenters. The number of carbonyl (C=O) groups excluding carboxylic acids is 1. The average Bonchev–Trinajstić information content (AvgIpc) is 3.50. The molecule has 1 spiro atoms. The quantitative estimate of drug-likeness (QED) is 0.436. The van der Waals surface area contributed by atoms with Crippen molar-refractivity contribution in [1.82, 2.24) is 4.90 Å². The predicted molar refractivity (Wildman–Crippen MR) is 122 cm³/mol. The molecule has 7 heteroatoms. The van der Waals surface area contributed by atoms with Crippen molar-refractivity contribution in [2.75, 3.05) is 13.1 Å². The van der Waals surface area contributed by atoms with Crippen LogP contribution in [0, 0.1) is 11.8 Å². The minimum atomic E-state index is -0.461. The number of hydrogen-bond donors (Lipinski definition) is 0. The summed E-state index contributed by atoms with van der Waals surface area (Å²) in [4.78, 5) is 17.0. The number of carbonyl (C=O) groups is 1. The molecule has 160 valence electrons. The molecule has 29 heavy (non-hydrogen) atoms. The van der Waals surface area contributed by atoms with Gasteiger partial charge in [0.25, 0.3) is 0 Å². The number of thiophene rings is 1. The van der Waals surface area contributed by atoms with Crippen molar-refractivity contribution in [2.45, 2.75) is 79.3 Å². The summed E-state index contributed by atoms with van der Waals surface area (Å²) in [6.07, 6.45) is 4.93. The molecule has 4 aliphatic rings. The Morgan fingerprint density at radius 1 is 1.21 bits per heavy atom. The van der Waals surface area contributed by atoms with Crippen LogP contribution in [0.25, 0.3) is 0 Å². The van der Waals surface area contributed by atoms with Crippen LogP contribution in [0.15, 0.2) is 11.4 Å². The summed E-state index contributed by atoms with van der Waals surface area (Å²) in [5, 5.41) is 2.23. The molecule has 2 aliphatic heterocycles. The Bertz CT molecular complexity index is 795. The van der Waals surface area contributed by atoms with Crippen LogP contribution in [-0.2, 0) is 21.5 Å². The number of ether oxygens (including phenoxy) is 2. The Labute approximate surface area is 194 Å². The number of nitrogens with zero attached hydrogens (tertiary/aromatic N) is 1. The Kier molecular flexibility index (Phi) is 4.97. The van der Waals surface area contributed by atoms with E-state index in [-0.39, 0.29) is 17.3 Å². The maximum Gasteiger partial charge on any atom is 0.410 e. The maximum atomic E-state index is 12.6. The number of rotatable bonds is 2. The highest BCUT2D eigenvalue weighted by Crippen LogP contribution is 2.64. The van der Waals surface area contributed by atoms with E-state index in [2.05, 4.69) is 43.3 Å². The number of amides is 1. The van der Waals surface area contributed by atoms with Gasteiger partial charge in [0.05, 0.1) is 5.60 Å². The second-order valence-electron chi connectivity index (χ2n) is 10.2. The van der Waals surface area contributed by atoms with Gasteiger partial charge in [-0.2, -0.15) is 0 Å². The summed E-state index contributed by atoms with van der Waals surface area (Å²) >= 11 is 9.58. The lowest BCUT2D eigenvalue weighted by Crippen LogP contribution is -2.56. The van der Waals surface area contributed by atoms with E-state index < -0.39 is 5.60 Å². The lowest BCUT2D eigenvalue weighted by molar-refractivity contribution is -0.209. The van der Waals surface area contributed by atoms with Gasteiger partial charge >= 0.3 is 6.09 Å². The fourth-order valence-corrected chi connectivity index (χ4v) is 8.17. The number of fused-ring (bicyclic) bond motifs is 2. The van der Waals surface area contributed by atoms with E-state index in [9.17, 15) is 4.79 Å². The zero-order valence-electron chi connectivity index (χ0n) is 17.2. The van der Waals surface area contributed by atoms with E-state index in [1.807, 2.05) is 37.0 Å². The third-order valence-corrected chi connectivity index (χ3v) is 10.1. The van der Waals surface area contributed by atoms with Crippen molar-refractivity contribution in [3.8, 4) is 0 Å². The minimum Gasteiger partial charge on any atom is -0.444 e. The SMILES string of the molecule is CC(C)(C)OC(=O)N1CCC2(CC1)OC(C1CC1Br)(C1CC1Br)Cc1ccsc12. The molecule has 1 saturated heterocycles. The van der Waals surface area contributed by atoms with Crippen LogP contribution in [0.2, 0.25) is 0 Å². The van der Waals surface area contributed by atoms with Gasteiger partial charge in [0, 0.05) is 45.9 Å². The molecular formula is C22H29Br2NO3S. The van der Waals surface area contributed by atoms with Gasteiger partial charge in [-0.3, -0.25) is 0 Å². The molecular weight excluding hydrogens is 518 g/mol. The molecule has 4 unspecified atom stereocenters. The van der Waals surface area contributed by atoms with Crippen LogP contribution >= 0.6 is 43.2 Å². The van der Waals surface area contributed by atoms with Crippen molar-refractivity contribution in [3.05, 3.63) is 21.9 Å². The first-order valence-corrected chi connectivity index (χ1v) is 13.4. The molecule has 0 N–H and O–H groups in total. The third kappa shape index (κ3) is 3.62. The first kappa shape index (κ1) is 20.8. The largest absolute Gasteiger partial charge is 0.444 e. The van der Waals surface area contributed by atoms with Crippen molar-refractivity contribution < 1.29 is 14.3 Å². The van der Waals surface area contributed by atoms with Crippen molar-refractivity contribution >= 4 is 49.3 Å². The highest BCUT2D eigenvalue weighted by molar-refractivity contribution is 9.10. The lowest BCUT2D eigenvalue weighted by atomic mass is 9.76. The van der Waals surface area contributed by atoms with Gasteiger partial charge in [-0.25, -0.2) is 4.79 Å². The highest BCUT2D eigenvalue weighted by atomic mass is 79.9. The van der Waals surface area contributed by atoms with Gasteiger partial charge in [-0.1, -0.05) is 31.9 Å². The number of piperidine rings is 1. The Hall–Kier alpha value is -0.110. The van der Waals surface area contributed by atoms with E-state index in [0.29, 0.717) is 34.6 Å². The van der Waals surface area contributed by atoms with Crippen LogP contribution in [0.5, 0.6) is 0 Å². The molecule has 1 aromatic heterocycles. The number of alkyl halides is 2. The zero-order chi connectivity index (χ0) is 20.6. The molecule has 2 aliphatic carbocycles. The fraction of sp³-hybridized carbons (Fsp3) is 0.773. The van der Waals surface area contributed by atoms with Gasteiger partial charge in [0.15, 0.2) is 0 Å². The molecule has 1 amide bonds. The second kappa shape index (κ2) is 6.94. The zero-order valence-corrected chi connectivity index (χ0v) is 21.2. The van der Waals surface area contributed by atoms with Gasteiger partial charge in [0.2, 0.25) is 0 Å². The second-order valence-corrected chi connectivity index (χ2v) is 13.5. The van der Waals surface area contributed by atoms with Crippen molar-refractivity contribution in [2.24, 2.45) is 11.8 Å². The number of halogens is 2. The first-order valence-electron chi connectivity index (χ1n) is 10.7. The molecule has 2 saturated carbocycles. The number of likely N-dealkylation sites (tertiary alicyclic amines) is 1. The summed E-state index contributed by atoms with van der Waals surface area (Å²) in [7, 11) is 0. The van der Waals surface area contributed by atoms with Crippen LogP contribution in [0.3, 0.4) is 0 Å². The van der Waals surface area contributed by atoms with E-state index >= 15 is 0 Å². The molecule has 3 fully saturated rings. The van der Waals surface area contributed by atoms with Gasteiger partial charge < -0.3 is 14.4 Å². The molecule has 1 aromatic rings. The Morgan fingerprint density at radius 2 is 1.79 bits per heavy atom. The van der Waals surface area contributed by atoms with Crippen LogP contribution in [0.1, 0.15) is 56.9 Å². The summed E-state index contributed by atoms with van der Waals surface area (Å²) in [5.74, 6) is 1.17. The first-order chi connectivity index (χ1) is 13.6. The van der Waals surface area contributed by atoms with Crippen molar-refractivity contribution in [1.29, 1.82) is 0 Å². The molecule has 5 rings (SSSR count). The summed E-state index contributed by atoms with van der Waals surface area (Å²) < 4.78 is 12.9. The van der Waals surface area contributed by atoms with Gasteiger partial charge in [0.1, 0.15) is 11.2 Å². The smallest absolute Gasteiger partial charge is 0.410 e. The maximum absolute atomic E-state index is 12.6. The summed E-state index contributed by atoms with van der Waals surface area (Å²) in [6.45, 7) is 7.14. The van der Waals surface area contributed by atoms with E-state index in [0.717, 1.165) is 19.3 Å². The van der Waals surface area contributed by atoms with Crippen LogP contribution < -0.4 is 0 Å². The summed E-state index contributed by atoms with van der Waals surface area (Å²) in [6, 6.07) is 2.32. The van der Waals surface area contributed by atoms with Crippen LogP contribution in [0.4, 0.5) is 4.79 Å². The topological polar surface area (TPSA) is 38.8 Å². The number of hydrogen-bond acceptors (Lipinski definition) is 4. The molecule has 0 radical (unpaired) electrons. The fourth-order valence-electron chi connectivity index (χ4n) is 5.35. The standard InChI is InChI=1S/C22H29Br2NO3S/c1-20(2,3)27-19(26)25-7-5-21(6-8-25)18-13(4-9-29-18)12-22(28-21,14-10-16(14)23)15-11-17(15)24/h4,9,14-17H,5-8,10-12H2,1-3H3. The lowest BCUT2D eigenvalue weighted by Gasteiger charge is -2.52. The molecule has 0 aromatic carbocycles. The van der Waals surface area contributed by atoms with Gasteiger partial charge in [-0.15, -0.1) is 11.3 Å². The highest BCUT2D eigenvalue weighted by Gasteiger charge is 2.67. The van der Waals surface area contributed by atoms with E-state index in [1.54, 1.807) is 0 Å². The normalized spacial score (nSPS) is 37.9. The molecule has 3 heterocycles. The summed E-state index contributed by atoms with van der Waals surface area (Å²) in [5.41, 5.74) is 0.678. The Balaban J connectivity index is 1.41. The predicted octanol–water partition coefficient (Wildman–Crippen LogP) is 5.85. The third-order valence-electron chi connectivity index (χ3n) is 6.92. The van der Waals surface area contributed by atoms with E-state index in [1.165, 1.54) is 23.3 Å². The Morgan fingerprint density at radius 3 is 2.31 bits per heavy atom. The van der Waals surface area contributed by atoms with E-state index in [4.69, 9.17) is 9.47 Å². The van der Waals surface area contributed by atoms with Gasteiger partial charge in [-0.05, 0) is 63.5 Å².